The number of benzene rings is 2. The molecule has 0 amide bonds. The molecule has 0 unspecified atom stereocenters. The Labute approximate surface area is 72.2 Å². The maximum atomic E-state index is 5.49. The van der Waals surface area contributed by atoms with E-state index in [4.69, 9.17) is 6.58 Å². The van der Waals surface area contributed by atoms with Gasteiger partial charge in [0.15, 0.2) is 0 Å². The van der Waals surface area contributed by atoms with E-state index in [-0.39, 0.29) is 0 Å². The molecule has 0 heteroatoms. The van der Waals surface area contributed by atoms with Gasteiger partial charge in [-0.3, -0.25) is 0 Å². The van der Waals surface area contributed by atoms with Gasteiger partial charge in [0, 0.05) is 0 Å². The molecule has 0 spiro atoms. The van der Waals surface area contributed by atoms with Crippen LogP contribution in [-0.2, 0) is 0 Å². The Kier molecular flexibility index (Phi) is 1.67. The lowest BCUT2D eigenvalue weighted by atomic mass is 10.1. The highest BCUT2D eigenvalue weighted by Gasteiger charge is 1.93. The first-order valence-electron chi connectivity index (χ1n) is 3.94. The van der Waals surface area contributed by atoms with E-state index in [0.29, 0.717) is 0 Å². The summed E-state index contributed by atoms with van der Waals surface area (Å²) >= 11 is 0. The van der Waals surface area contributed by atoms with Crippen LogP contribution < -0.4 is 0 Å². The first-order valence-corrected chi connectivity index (χ1v) is 3.94. The third-order valence-corrected chi connectivity index (χ3v) is 2.00. The van der Waals surface area contributed by atoms with E-state index in [0.717, 1.165) is 5.56 Å². The van der Waals surface area contributed by atoms with Gasteiger partial charge in [0.1, 0.15) is 0 Å². The largest absolute Gasteiger partial charge is 0.0616 e. The highest BCUT2D eigenvalue weighted by molar-refractivity contribution is 5.90. The maximum absolute atomic E-state index is 5.49. The van der Waals surface area contributed by atoms with Crippen LogP contribution in [0.4, 0.5) is 0 Å². The average molecular weight is 153 g/mol. The van der Waals surface area contributed by atoms with Crippen LogP contribution in [0.2, 0.25) is 0 Å². The highest BCUT2D eigenvalue weighted by Crippen LogP contribution is 2.18. The van der Waals surface area contributed by atoms with E-state index in [1.807, 2.05) is 24.3 Å². The second-order valence-corrected chi connectivity index (χ2v) is 2.74. The molecule has 0 atom stereocenters. The summed E-state index contributed by atoms with van der Waals surface area (Å²) in [5, 5.41) is 2.44. The van der Waals surface area contributed by atoms with Gasteiger partial charge < -0.3 is 0 Å². The molecular weight excluding hydrogens is 144 g/mol. The normalized spacial score (nSPS) is 10.0. The van der Waals surface area contributed by atoms with Gasteiger partial charge in [0.05, 0.1) is 0 Å². The summed E-state index contributed by atoms with van der Waals surface area (Å²) in [4.78, 5) is 0. The fraction of sp³-hybridized carbons (Fsp3) is 0. The summed E-state index contributed by atoms with van der Waals surface area (Å²) in [5.41, 5.74) is 1.09. The molecule has 0 aliphatic carbocycles. The van der Waals surface area contributed by atoms with Gasteiger partial charge in [0.2, 0.25) is 0 Å². The van der Waals surface area contributed by atoms with E-state index in [1.165, 1.54) is 10.8 Å². The predicted octanol–water partition coefficient (Wildman–Crippen LogP) is 3.29. The minimum Gasteiger partial charge on any atom is -0.0616 e. The number of hydrogen-bond acceptors (Lipinski definition) is 0. The van der Waals surface area contributed by atoms with Crippen LogP contribution >= 0.6 is 0 Å². The topological polar surface area (TPSA) is 0 Å². The van der Waals surface area contributed by atoms with Gasteiger partial charge in [-0.2, -0.15) is 0 Å². The van der Waals surface area contributed by atoms with Gasteiger partial charge in [-0.05, 0) is 16.3 Å². The molecule has 0 nitrogen and oxygen atoms in total. The van der Waals surface area contributed by atoms with Crippen molar-refractivity contribution in [3.63, 3.8) is 0 Å². The summed E-state index contributed by atoms with van der Waals surface area (Å²) < 4.78 is 0. The number of hydrogen-bond donors (Lipinski definition) is 0. The maximum Gasteiger partial charge on any atom is -0.0111 e. The molecule has 0 saturated carbocycles. The molecule has 0 fully saturated rings. The molecule has 2 aromatic carbocycles. The van der Waals surface area contributed by atoms with E-state index in [9.17, 15) is 0 Å². The molecule has 57 valence electrons. The van der Waals surface area contributed by atoms with Crippen molar-refractivity contribution in [1.82, 2.24) is 0 Å². The molecule has 2 rings (SSSR count). The van der Waals surface area contributed by atoms with Crippen LogP contribution in [-0.4, -0.2) is 0 Å². The molecule has 0 aliphatic rings. The minimum atomic E-state index is 1.09. The zero-order valence-electron chi connectivity index (χ0n) is 6.70. The lowest BCUT2D eigenvalue weighted by Crippen LogP contribution is -1.75. The van der Waals surface area contributed by atoms with Crippen molar-refractivity contribution in [2.24, 2.45) is 0 Å². The lowest BCUT2D eigenvalue weighted by molar-refractivity contribution is 1.71. The van der Waals surface area contributed by atoms with Gasteiger partial charge >= 0.3 is 0 Å². The summed E-state index contributed by atoms with van der Waals surface area (Å²) in [6, 6.07) is 14.3. The Hall–Kier alpha value is -1.56. The van der Waals surface area contributed by atoms with Gasteiger partial charge in [0.25, 0.3) is 0 Å². The first kappa shape index (κ1) is 7.11. The fourth-order valence-corrected chi connectivity index (χ4v) is 1.40. The first-order chi connectivity index (χ1) is 5.92. The zero-order valence-corrected chi connectivity index (χ0v) is 6.70. The smallest absolute Gasteiger partial charge is 0.0111 e. The summed E-state index contributed by atoms with van der Waals surface area (Å²) in [6.07, 6.45) is 1.64. The van der Waals surface area contributed by atoms with Crippen LogP contribution in [0.15, 0.2) is 42.5 Å². The van der Waals surface area contributed by atoms with E-state index in [1.54, 1.807) is 6.08 Å². The number of fused-ring (bicyclic) bond motifs is 1. The van der Waals surface area contributed by atoms with Crippen molar-refractivity contribution in [2.75, 3.05) is 0 Å². The fourth-order valence-electron chi connectivity index (χ4n) is 1.40. The van der Waals surface area contributed by atoms with Crippen LogP contribution in [0.1, 0.15) is 5.56 Å². The van der Waals surface area contributed by atoms with Crippen molar-refractivity contribution in [1.29, 1.82) is 0 Å². The molecule has 0 saturated heterocycles. The van der Waals surface area contributed by atoms with Gasteiger partial charge in [-0.25, -0.2) is 0 Å². The zero-order chi connectivity index (χ0) is 8.39. The molecule has 0 bridgehead atoms. The van der Waals surface area contributed by atoms with Gasteiger partial charge in [-0.15, -0.1) is 0 Å². The molecule has 0 N–H and O–H groups in total. The quantitative estimate of drug-likeness (QED) is 0.589. The SMILES string of the molecule is [CH]=Cc1cccc2ccccc12. The van der Waals surface area contributed by atoms with Crippen molar-refractivity contribution >= 4 is 16.8 Å². The molecule has 1 radical (unpaired) electrons. The van der Waals surface area contributed by atoms with E-state index >= 15 is 0 Å². The minimum absolute atomic E-state index is 1.09. The van der Waals surface area contributed by atoms with Crippen LogP contribution in [0.5, 0.6) is 0 Å². The summed E-state index contributed by atoms with van der Waals surface area (Å²) in [6.45, 7) is 5.49. The van der Waals surface area contributed by atoms with Crippen molar-refractivity contribution in [3.05, 3.63) is 54.6 Å². The molecule has 0 aromatic heterocycles. The van der Waals surface area contributed by atoms with Gasteiger partial charge in [-0.1, -0.05) is 55.1 Å². The molecular formula is C12H9. The second kappa shape index (κ2) is 2.82. The van der Waals surface area contributed by atoms with Crippen LogP contribution in [0.25, 0.3) is 16.8 Å². The monoisotopic (exact) mass is 153 g/mol. The Balaban J connectivity index is 2.88. The second-order valence-electron chi connectivity index (χ2n) is 2.74. The molecule has 0 aliphatic heterocycles. The van der Waals surface area contributed by atoms with Crippen LogP contribution in [0, 0.1) is 6.58 Å². The molecule has 12 heavy (non-hydrogen) atoms. The Morgan fingerprint density at radius 2 is 1.67 bits per heavy atom. The Bertz CT molecular complexity index is 408. The van der Waals surface area contributed by atoms with E-state index in [2.05, 4.69) is 18.2 Å². The average Bonchev–Trinajstić information content (AvgIpc) is 2.17. The summed E-state index contributed by atoms with van der Waals surface area (Å²) in [7, 11) is 0. The van der Waals surface area contributed by atoms with Crippen molar-refractivity contribution < 1.29 is 0 Å². The van der Waals surface area contributed by atoms with Crippen molar-refractivity contribution in [3.8, 4) is 0 Å². The molecule has 0 heterocycles. The van der Waals surface area contributed by atoms with Crippen molar-refractivity contribution in [2.45, 2.75) is 0 Å². The Morgan fingerprint density at radius 3 is 2.50 bits per heavy atom. The third kappa shape index (κ3) is 1.02. The predicted molar refractivity (Wildman–Crippen MR) is 52.7 cm³/mol. The highest BCUT2D eigenvalue weighted by atomic mass is 14.0. The van der Waals surface area contributed by atoms with Crippen LogP contribution in [0.3, 0.4) is 0 Å². The standard InChI is InChI=1S/C12H9/c1-2-10-7-5-8-11-6-3-4-9-12(10)11/h1-9H. The molecule has 2 aromatic rings. The lowest BCUT2D eigenvalue weighted by Gasteiger charge is -1.99. The third-order valence-electron chi connectivity index (χ3n) is 2.00. The van der Waals surface area contributed by atoms with E-state index < -0.39 is 0 Å². The Morgan fingerprint density at radius 1 is 0.917 bits per heavy atom. The summed E-state index contributed by atoms with van der Waals surface area (Å²) in [5.74, 6) is 0. The number of rotatable bonds is 1.